The van der Waals surface area contributed by atoms with Gasteiger partial charge in [0, 0.05) is 36.8 Å². The third-order valence-electron chi connectivity index (χ3n) is 4.73. The van der Waals surface area contributed by atoms with Gasteiger partial charge in [0.15, 0.2) is 0 Å². The summed E-state index contributed by atoms with van der Waals surface area (Å²) < 4.78 is 0. The minimum atomic E-state index is -0.291. The van der Waals surface area contributed by atoms with Crippen molar-refractivity contribution < 1.29 is 14.4 Å². The van der Waals surface area contributed by atoms with Crippen molar-refractivity contribution in [1.29, 1.82) is 0 Å². The topological polar surface area (TPSA) is 69.7 Å². The molecular weight excluding hydrogens is 413 g/mol. The first-order valence-corrected chi connectivity index (χ1v) is 10.1. The maximum atomic E-state index is 12.8. The molecule has 1 aliphatic rings. The van der Waals surface area contributed by atoms with Crippen LogP contribution in [0.25, 0.3) is 0 Å². The number of carbonyl (C=O) groups is 3. The first-order valence-electron chi connectivity index (χ1n) is 9.31. The standard InChI is InChI=1S/C21H21Cl2N3O3/c22-16-7-8-18(23)17(13-16)21(29)26-10-4-9-25(11-12-26)19(27)14-24-20(28)15-5-2-1-3-6-15/h1-3,5-8,13H,4,9-12,14H2,(H,24,28). The van der Waals surface area contributed by atoms with E-state index in [1.807, 2.05) is 6.07 Å². The highest BCUT2D eigenvalue weighted by atomic mass is 35.5. The molecule has 0 saturated carbocycles. The van der Waals surface area contributed by atoms with Gasteiger partial charge in [0.1, 0.15) is 0 Å². The molecule has 1 saturated heterocycles. The zero-order valence-electron chi connectivity index (χ0n) is 15.7. The molecule has 0 aliphatic carbocycles. The van der Waals surface area contributed by atoms with Crippen molar-refractivity contribution in [3.8, 4) is 0 Å². The minimum Gasteiger partial charge on any atom is -0.343 e. The Morgan fingerprint density at radius 3 is 2.34 bits per heavy atom. The van der Waals surface area contributed by atoms with E-state index in [1.165, 1.54) is 0 Å². The highest BCUT2D eigenvalue weighted by Crippen LogP contribution is 2.22. The van der Waals surface area contributed by atoms with Crippen LogP contribution in [0.1, 0.15) is 27.1 Å². The van der Waals surface area contributed by atoms with E-state index in [1.54, 1.807) is 52.3 Å². The summed E-state index contributed by atoms with van der Waals surface area (Å²) >= 11 is 12.1. The number of amides is 3. The number of nitrogens with one attached hydrogen (secondary N) is 1. The molecule has 0 aromatic heterocycles. The molecule has 1 heterocycles. The Hall–Kier alpha value is -2.57. The zero-order valence-corrected chi connectivity index (χ0v) is 17.2. The van der Waals surface area contributed by atoms with Crippen molar-refractivity contribution in [3.05, 3.63) is 69.7 Å². The van der Waals surface area contributed by atoms with E-state index in [2.05, 4.69) is 5.32 Å². The Bertz CT molecular complexity index is 905. The lowest BCUT2D eigenvalue weighted by Crippen LogP contribution is -2.42. The van der Waals surface area contributed by atoms with Crippen LogP contribution in [0.4, 0.5) is 0 Å². The number of rotatable bonds is 4. The van der Waals surface area contributed by atoms with Crippen LogP contribution in [-0.2, 0) is 4.79 Å². The van der Waals surface area contributed by atoms with Crippen LogP contribution in [0.15, 0.2) is 48.5 Å². The Balaban J connectivity index is 1.55. The number of hydrogen-bond acceptors (Lipinski definition) is 3. The molecule has 2 aromatic carbocycles. The molecule has 1 fully saturated rings. The molecule has 0 bridgehead atoms. The van der Waals surface area contributed by atoms with E-state index < -0.39 is 0 Å². The Morgan fingerprint density at radius 2 is 1.59 bits per heavy atom. The quantitative estimate of drug-likeness (QED) is 0.804. The number of halogens is 2. The highest BCUT2D eigenvalue weighted by molar-refractivity contribution is 6.35. The van der Waals surface area contributed by atoms with Crippen LogP contribution >= 0.6 is 23.2 Å². The molecule has 0 atom stereocenters. The molecule has 0 spiro atoms. The summed E-state index contributed by atoms with van der Waals surface area (Å²) in [7, 11) is 0. The molecule has 0 radical (unpaired) electrons. The fourth-order valence-electron chi connectivity index (χ4n) is 3.16. The fourth-order valence-corrected chi connectivity index (χ4v) is 3.53. The number of carbonyl (C=O) groups excluding carboxylic acids is 3. The third-order valence-corrected chi connectivity index (χ3v) is 5.30. The van der Waals surface area contributed by atoms with E-state index >= 15 is 0 Å². The van der Waals surface area contributed by atoms with Crippen LogP contribution in [-0.4, -0.2) is 60.2 Å². The summed E-state index contributed by atoms with van der Waals surface area (Å²) in [6.45, 7) is 1.74. The van der Waals surface area contributed by atoms with Crippen LogP contribution in [0, 0.1) is 0 Å². The fraction of sp³-hybridized carbons (Fsp3) is 0.286. The zero-order chi connectivity index (χ0) is 20.8. The number of hydrogen-bond donors (Lipinski definition) is 1. The SMILES string of the molecule is O=C(NCC(=O)N1CCCN(C(=O)c2cc(Cl)ccc2Cl)CC1)c1ccccc1. The average Bonchev–Trinajstić information content (AvgIpc) is 3.00. The molecule has 2 aromatic rings. The first kappa shape index (κ1) is 21.1. The van der Waals surface area contributed by atoms with Gasteiger partial charge in [-0.05, 0) is 36.8 Å². The molecule has 3 rings (SSSR count). The smallest absolute Gasteiger partial charge is 0.255 e. The van der Waals surface area contributed by atoms with Crippen LogP contribution in [0.2, 0.25) is 10.0 Å². The minimum absolute atomic E-state index is 0.0816. The van der Waals surface area contributed by atoms with Crippen LogP contribution in [0.3, 0.4) is 0 Å². The van der Waals surface area contributed by atoms with E-state index in [0.717, 1.165) is 0 Å². The van der Waals surface area contributed by atoms with E-state index in [9.17, 15) is 14.4 Å². The van der Waals surface area contributed by atoms with Crippen molar-refractivity contribution in [3.63, 3.8) is 0 Å². The monoisotopic (exact) mass is 433 g/mol. The van der Waals surface area contributed by atoms with Crippen molar-refractivity contribution in [2.75, 3.05) is 32.7 Å². The molecule has 1 aliphatic heterocycles. The highest BCUT2D eigenvalue weighted by Gasteiger charge is 2.24. The normalized spacial score (nSPS) is 14.3. The van der Waals surface area contributed by atoms with Gasteiger partial charge in [-0.15, -0.1) is 0 Å². The number of benzene rings is 2. The molecule has 3 amide bonds. The van der Waals surface area contributed by atoms with Gasteiger partial charge >= 0.3 is 0 Å². The second-order valence-corrected chi connectivity index (χ2v) is 7.54. The molecule has 152 valence electrons. The average molecular weight is 434 g/mol. The van der Waals surface area contributed by atoms with E-state index in [-0.39, 0.29) is 24.3 Å². The summed E-state index contributed by atoms with van der Waals surface area (Å²) in [5.74, 6) is -0.672. The van der Waals surface area contributed by atoms with E-state index in [4.69, 9.17) is 23.2 Å². The summed E-state index contributed by atoms with van der Waals surface area (Å²) in [5, 5.41) is 3.44. The first-order chi connectivity index (χ1) is 14.0. The van der Waals surface area contributed by atoms with Crippen LogP contribution < -0.4 is 5.32 Å². The predicted molar refractivity (Wildman–Crippen MR) is 112 cm³/mol. The van der Waals surface area contributed by atoms with Crippen molar-refractivity contribution in [2.24, 2.45) is 0 Å². The maximum absolute atomic E-state index is 12.8. The summed E-state index contributed by atoms with van der Waals surface area (Å²) in [6.07, 6.45) is 0.641. The van der Waals surface area contributed by atoms with Gasteiger partial charge in [0.25, 0.3) is 11.8 Å². The van der Waals surface area contributed by atoms with Gasteiger partial charge in [-0.2, -0.15) is 0 Å². The molecule has 0 unspecified atom stereocenters. The maximum Gasteiger partial charge on any atom is 0.255 e. The van der Waals surface area contributed by atoms with Gasteiger partial charge in [0.2, 0.25) is 5.91 Å². The second-order valence-electron chi connectivity index (χ2n) is 6.70. The molecule has 8 heteroatoms. The largest absolute Gasteiger partial charge is 0.343 e. The van der Waals surface area contributed by atoms with E-state index in [0.29, 0.717) is 53.8 Å². The molecule has 1 N–H and O–H groups in total. The number of nitrogens with zero attached hydrogens (tertiary/aromatic N) is 2. The third kappa shape index (κ3) is 5.49. The van der Waals surface area contributed by atoms with Crippen molar-refractivity contribution >= 4 is 40.9 Å². The van der Waals surface area contributed by atoms with Gasteiger partial charge in [-0.1, -0.05) is 41.4 Å². The summed E-state index contributed by atoms with van der Waals surface area (Å²) in [5.41, 5.74) is 0.861. The Labute approximate surface area is 179 Å². The summed E-state index contributed by atoms with van der Waals surface area (Å²) in [4.78, 5) is 40.7. The van der Waals surface area contributed by atoms with Crippen molar-refractivity contribution in [2.45, 2.75) is 6.42 Å². The van der Waals surface area contributed by atoms with Gasteiger partial charge < -0.3 is 15.1 Å². The second kappa shape index (κ2) is 9.76. The lowest BCUT2D eigenvalue weighted by atomic mass is 10.2. The molecular formula is C21H21Cl2N3O3. The Kier molecular flexibility index (Phi) is 7.12. The predicted octanol–water partition coefficient (Wildman–Crippen LogP) is 3.10. The van der Waals surface area contributed by atoms with Gasteiger partial charge in [-0.25, -0.2) is 0 Å². The Morgan fingerprint density at radius 1 is 0.897 bits per heavy atom. The molecule has 29 heavy (non-hydrogen) atoms. The van der Waals surface area contributed by atoms with Crippen molar-refractivity contribution in [1.82, 2.24) is 15.1 Å². The molecule has 6 nitrogen and oxygen atoms in total. The lowest BCUT2D eigenvalue weighted by molar-refractivity contribution is -0.129. The summed E-state index contributed by atoms with van der Waals surface area (Å²) in [6, 6.07) is 13.5. The lowest BCUT2D eigenvalue weighted by Gasteiger charge is -2.23. The van der Waals surface area contributed by atoms with Crippen LogP contribution in [0.5, 0.6) is 0 Å². The van der Waals surface area contributed by atoms with Gasteiger partial charge in [0.05, 0.1) is 17.1 Å². The van der Waals surface area contributed by atoms with Gasteiger partial charge in [-0.3, -0.25) is 14.4 Å².